The van der Waals surface area contributed by atoms with Gasteiger partial charge >= 0.3 is 0 Å². The van der Waals surface area contributed by atoms with Crippen LogP contribution in [0.1, 0.15) is 35.6 Å². The lowest BCUT2D eigenvalue weighted by Gasteiger charge is -2.20. The van der Waals surface area contributed by atoms with Gasteiger partial charge in [-0.05, 0) is 43.9 Å². The van der Waals surface area contributed by atoms with Gasteiger partial charge in [0.25, 0.3) is 0 Å². The van der Waals surface area contributed by atoms with E-state index in [1.807, 2.05) is 6.07 Å². The molecule has 2 nitrogen and oxygen atoms in total. The molecular weight excluding hydrogens is 205 g/mol. The molecule has 1 aromatic carbocycles. The molecule has 88 valence electrons. The number of likely N-dealkylation sites (N-methyl/N-ethyl adjacent to an activating group) is 1. The Balaban J connectivity index is 2.33. The molecule has 0 amide bonds. The molecule has 0 aliphatic heterocycles. The second-order valence-electron chi connectivity index (χ2n) is 4.39. The first-order valence-electron chi connectivity index (χ1n) is 5.87. The highest BCUT2D eigenvalue weighted by molar-refractivity contribution is 5.36. The number of halogens is 1. The molecule has 0 saturated heterocycles. The van der Waals surface area contributed by atoms with Crippen molar-refractivity contribution in [3.05, 3.63) is 34.6 Å². The molecule has 1 unspecified atom stereocenters. The SMILES string of the molecule is CNCC(O)c1ccc2c(c1F)CCCC2. The Morgan fingerprint density at radius 2 is 2.12 bits per heavy atom. The zero-order valence-electron chi connectivity index (χ0n) is 9.59. The van der Waals surface area contributed by atoms with Crippen LogP contribution in [0.3, 0.4) is 0 Å². The summed E-state index contributed by atoms with van der Waals surface area (Å²) in [4.78, 5) is 0. The normalized spacial score (nSPS) is 16.9. The first-order chi connectivity index (χ1) is 7.74. The van der Waals surface area contributed by atoms with Crippen LogP contribution in [0.2, 0.25) is 0 Å². The molecule has 3 heteroatoms. The van der Waals surface area contributed by atoms with Crippen molar-refractivity contribution in [2.75, 3.05) is 13.6 Å². The molecule has 0 radical (unpaired) electrons. The first kappa shape index (κ1) is 11.6. The Bertz CT molecular complexity index is 378. The Morgan fingerprint density at radius 3 is 2.88 bits per heavy atom. The standard InChI is InChI=1S/C13H18FNO/c1-15-8-12(16)11-7-6-9-4-2-3-5-10(9)13(11)14/h6-7,12,15-16H,2-5,8H2,1H3. The largest absolute Gasteiger partial charge is 0.387 e. The van der Waals surface area contributed by atoms with Gasteiger partial charge in [-0.3, -0.25) is 0 Å². The topological polar surface area (TPSA) is 32.3 Å². The number of hydrogen-bond donors (Lipinski definition) is 2. The molecule has 2 rings (SSSR count). The van der Waals surface area contributed by atoms with Crippen LogP contribution in [-0.2, 0) is 12.8 Å². The van der Waals surface area contributed by atoms with Crippen LogP contribution >= 0.6 is 0 Å². The van der Waals surface area contributed by atoms with Gasteiger partial charge in [0.05, 0.1) is 6.10 Å². The highest BCUT2D eigenvalue weighted by atomic mass is 19.1. The summed E-state index contributed by atoms with van der Waals surface area (Å²) in [6.45, 7) is 0.385. The third kappa shape index (κ3) is 2.11. The number of rotatable bonds is 3. The summed E-state index contributed by atoms with van der Waals surface area (Å²) in [5.41, 5.74) is 2.36. The lowest BCUT2D eigenvalue weighted by atomic mass is 9.89. The van der Waals surface area contributed by atoms with Gasteiger partial charge in [0, 0.05) is 12.1 Å². The van der Waals surface area contributed by atoms with E-state index in [1.54, 1.807) is 13.1 Å². The van der Waals surface area contributed by atoms with Crippen LogP contribution < -0.4 is 5.32 Å². The Kier molecular flexibility index (Phi) is 3.56. The van der Waals surface area contributed by atoms with Crippen molar-refractivity contribution in [2.45, 2.75) is 31.8 Å². The summed E-state index contributed by atoms with van der Waals surface area (Å²) in [5, 5.41) is 12.7. The van der Waals surface area contributed by atoms with Crippen LogP contribution in [0.5, 0.6) is 0 Å². The van der Waals surface area contributed by atoms with Crippen LogP contribution in [0, 0.1) is 5.82 Å². The van der Waals surface area contributed by atoms with Crippen molar-refractivity contribution < 1.29 is 9.50 Å². The fraction of sp³-hybridized carbons (Fsp3) is 0.538. The van der Waals surface area contributed by atoms with Gasteiger partial charge in [-0.25, -0.2) is 4.39 Å². The van der Waals surface area contributed by atoms with Gasteiger partial charge in [-0.2, -0.15) is 0 Å². The zero-order chi connectivity index (χ0) is 11.5. The molecular formula is C13H18FNO. The molecule has 16 heavy (non-hydrogen) atoms. The monoisotopic (exact) mass is 223 g/mol. The van der Waals surface area contributed by atoms with Gasteiger partial charge < -0.3 is 10.4 Å². The summed E-state index contributed by atoms with van der Waals surface area (Å²) in [5.74, 6) is -0.194. The van der Waals surface area contributed by atoms with Gasteiger partial charge in [-0.1, -0.05) is 12.1 Å². The predicted octanol–water partition coefficient (Wildman–Crippen LogP) is 1.96. The lowest BCUT2D eigenvalue weighted by Crippen LogP contribution is -2.19. The van der Waals surface area contributed by atoms with Gasteiger partial charge in [0.15, 0.2) is 0 Å². The minimum atomic E-state index is -0.753. The summed E-state index contributed by atoms with van der Waals surface area (Å²) >= 11 is 0. The summed E-state index contributed by atoms with van der Waals surface area (Å²) in [7, 11) is 1.75. The zero-order valence-corrected chi connectivity index (χ0v) is 9.59. The van der Waals surface area contributed by atoms with E-state index < -0.39 is 6.10 Å². The van der Waals surface area contributed by atoms with Crippen molar-refractivity contribution in [2.24, 2.45) is 0 Å². The van der Waals surface area contributed by atoms with Gasteiger partial charge in [-0.15, -0.1) is 0 Å². The predicted molar refractivity (Wildman–Crippen MR) is 61.9 cm³/mol. The van der Waals surface area contributed by atoms with E-state index in [-0.39, 0.29) is 5.82 Å². The van der Waals surface area contributed by atoms with E-state index in [0.717, 1.165) is 36.8 Å². The second-order valence-corrected chi connectivity index (χ2v) is 4.39. The maximum Gasteiger partial charge on any atom is 0.132 e. The van der Waals surface area contributed by atoms with Crippen molar-refractivity contribution in [3.8, 4) is 0 Å². The van der Waals surface area contributed by atoms with E-state index in [4.69, 9.17) is 0 Å². The van der Waals surface area contributed by atoms with Gasteiger partial charge in [0.2, 0.25) is 0 Å². The summed E-state index contributed by atoms with van der Waals surface area (Å²) in [6.07, 6.45) is 3.22. The number of nitrogens with one attached hydrogen (secondary N) is 1. The quantitative estimate of drug-likeness (QED) is 0.821. The third-order valence-electron chi connectivity index (χ3n) is 3.25. The number of fused-ring (bicyclic) bond motifs is 1. The minimum absolute atomic E-state index is 0.194. The first-order valence-corrected chi connectivity index (χ1v) is 5.87. The van der Waals surface area contributed by atoms with Crippen LogP contribution in [0.4, 0.5) is 4.39 Å². The van der Waals surface area contributed by atoms with E-state index in [2.05, 4.69) is 5.32 Å². The minimum Gasteiger partial charge on any atom is -0.387 e. The number of aliphatic hydroxyl groups is 1. The van der Waals surface area contributed by atoms with Crippen LogP contribution in [0.25, 0.3) is 0 Å². The molecule has 0 heterocycles. The van der Waals surface area contributed by atoms with E-state index in [1.165, 1.54) is 0 Å². The highest BCUT2D eigenvalue weighted by Crippen LogP contribution is 2.28. The number of hydrogen-bond acceptors (Lipinski definition) is 2. The fourth-order valence-corrected chi connectivity index (χ4v) is 2.36. The van der Waals surface area contributed by atoms with Crippen molar-refractivity contribution in [1.29, 1.82) is 0 Å². The number of aryl methyl sites for hydroxylation is 1. The Hall–Kier alpha value is -0.930. The maximum atomic E-state index is 14.1. The molecule has 0 fully saturated rings. The Labute approximate surface area is 95.5 Å². The van der Waals surface area contributed by atoms with Crippen molar-refractivity contribution >= 4 is 0 Å². The number of aliphatic hydroxyl groups excluding tert-OH is 1. The molecule has 0 aromatic heterocycles. The molecule has 0 spiro atoms. The van der Waals surface area contributed by atoms with Crippen LogP contribution in [0.15, 0.2) is 12.1 Å². The molecule has 2 N–H and O–H groups in total. The summed E-state index contributed by atoms with van der Waals surface area (Å²) < 4.78 is 14.1. The van der Waals surface area contributed by atoms with E-state index >= 15 is 0 Å². The van der Waals surface area contributed by atoms with E-state index in [9.17, 15) is 9.50 Å². The average Bonchev–Trinajstić information content (AvgIpc) is 2.30. The van der Waals surface area contributed by atoms with Gasteiger partial charge in [0.1, 0.15) is 5.82 Å². The maximum absolute atomic E-state index is 14.1. The fourth-order valence-electron chi connectivity index (χ4n) is 2.36. The van der Waals surface area contributed by atoms with Crippen molar-refractivity contribution in [3.63, 3.8) is 0 Å². The molecule has 0 bridgehead atoms. The smallest absolute Gasteiger partial charge is 0.132 e. The highest BCUT2D eigenvalue weighted by Gasteiger charge is 2.19. The van der Waals surface area contributed by atoms with E-state index in [0.29, 0.717) is 12.1 Å². The lowest BCUT2D eigenvalue weighted by molar-refractivity contribution is 0.172. The molecule has 1 aliphatic carbocycles. The number of benzene rings is 1. The molecule has 1 atom stereocenters. The molecule has 0 saturated carbocycles. The summed E-state index contributed by atoms with van der Waals surface area (Å²) in [6, 6.07) is 3.69. The third-order valence-corrected chi connectivity index (χ3v) is 3.25. The second kappa shape index (κ2) is 4.93. The molecule has 1 aliphatic rings. The van der Waals surface area contributed by atoms with Crippen LogP contribution in [-0.4, -0.2) is 18.7 Å². The average molecular weight is 223 g/mol. The molecule has 1 aromatic rings. The Morgan fingerprint density at radius 1 is 1.38 bits per heavy atom. The van der Waals surface area contributed by atoms with Crippen molar-refractivity contribution in [1.82, 2.24) is 5.32 Å².